The Balaban J connectivity index is 1.35. The molecule has 0 saturated heterocycles. The van der Waals surface area contributed by atoms with Gasteiger partial charge in [0.2, 0.25) is 0 Å². The highest BCUT2D eigenvalue weighted by Gasteiger charge is 2.24. The molecule has 1 aliphatic carbocycles. The van der Waals surface area contributed by atoms with Gasteiger partial charge in [0.05, 0.1) is 16.7 Å². The molecular formula is C38H21NS. The average Bonchev–Trinajstić information content (AvgIpc) is 3.67. The lowest BCUT2D eigenvalue weighted by Gasteiger charge is -2.13. The van der Waals surface area contributed by atoms with Crippen LogP contribution in [0.4, 0.5) is 0 Å². The normalized spacial score (nSPS) is 12.5. The number of aromatic nitrogens is 1. The molecule has 0 fully saturated rings. The molecular weight excluding hydrogens is 502 g/mol. The second-order valence-electron chi connectivity index (χ2n) is 10.9. The molecule has 7 aromatic carbocycles. The van der Waals surface area contributed by atoms with Crippen LogP contribution < -0.4 is 0 Å². The summed E-state index contributed by atoms with van der Waals surface area (Å²) in [7, 11) is 0. The number of benzene rings is 7. The van der Waals surface area contributed by atoms with Crippen molar-refractivity contribution in [2.45, 2.75) is 0 Å². The first-order valence-corrected chi connectivity index (χ1v) is 14.6. The number of nitrogens with zero attached hydrogens (tertiary/aromatic N) is 1. The van der Waals surface area contributed by atoms with Gasteiger partial charge in [-0.3, -0.25) is 0 Å². The first kappa shape index (κ1) is 21.0. The topological polar surface area (TPSA) is 4.93 Å². The molecule has 0 atom stereocenters. The fourth-order valence-electron chi connectivity index (χ4n) is 7.30. The zero-order valence-corrected chi connectivity index (χ0v) is 22.3. The lowest BCUT2D eigenvalue weighted by atomic mass is 10.0. The van der Waals surface area contributed by atoms with Crippen LogP contribution in [0.1, 0.15) is 0 Å². The van der Waals surface area contributed by atoms with E-state index in [-0.39, 0.29) is 0 Å². The van der Waals surface area contributed by atoms with Crippen molar-refractivity contribution in [3.63, 3.8) is 0 Å². The van der Waals surface area contributed by atoms with Gasteiger partial charge in [-0.25, -0.2) is 0 Å². The highest BCUT2D eigenvalue weighted by molar-refractivity contribution is 7.26. The standard InChI is InChI=1S/C38H21NS/c1-2-9-23-22(8-1)25-12-7-13-30-33(20-18-26(23)36(25)30)39-32-14-5-3-11-31(32)37-27-16-17-28-24-10-4-6-15-35(24)40-38(28)29(27)19-21-34(37)39/h1-21H. The van der Waals surface area contributed by atoms with Crippen molar-refractivity contribution in [3.05, 3.63) is 127 Å². The van der Waals surface area contributed by atoms with E-state index in [4.69, 9.17) is 0 Å². The summed E-state index contributed by atoms with van der Waals surface area (Å²) in [4.78, 5) is 0. The molecule has 184 valence electrons. The molecule has 10 rings (SSSR count). The van der Waals surface area contributed by atoms with Gasteiger partial charge in [-0.1, -0.05) is 103 Å². The molecule has 2 aromatic heterocycles. The third kappa shape index (κ3) is 2.48. The molecule has 0 N–H and O–H groups in total. The largest absolute Gasteiger partial charge is 0.309 e. The van der Waals surface area contributed by atoms with Crippen LogP contribution in [0.3, 0.4) is 0 Å². The van der Waals surface area contributed by atoms with Crippen molar-refractivity contribution in [3.8, 4) is 27.9 Å². The van der Waals surface area contributed by atoms with E-state index >= 15 is 0 Å². The molecule has 0 saturated carbocycles. The summed E-state index contributed by atoms with van der Waals surface area (Å²) < 4.78 is 5.22. The second-order valence-corrected chi connectivity index (χ2v) is 11.9. The van der Waals surface area contributed by atoms with E-state index in [0.29, 0.717) is 0 Å². The van der Waals surface area contributed by atoms with Gasteiger partial charge in [0.15, 0.2) is 0 Å². The van der Waals surface area contributed by atoms with Gasteiger partial charge >= 0.3 is 0 Å². The molecule has 0 aliphatic heterocycles. The summed E-state index contributed by atoms with van der Waals surface area (Å²) in [6.45, 7) is 0. The van der Waals surface area contributed by atoms with Gasteiger partial charge in [0.25, 0.3) is 0 Å². The Morgan fingerprint density at radius 1 is 0.375 bits per heavy atom. The maximum absolute atomic E-state index is 2.49. The number of fused-ring (bicyclic) bond motifs is 12. The van der Waals surface area contributed by atoms with Gasteiger partial charge in [-0.2, -0.15) is 0 Å². The molecule has 40 heavy (non-hydrogen) atoms. The summed E-state index contributed by atoms with van der Waals surface area (Å²) in [5.74, 6) is 0. The van der Waals surface area contributed by atoms with E-state index < -0.39 is 0 Å². The van der Waals surface area contributed by atoms with Crippen LogP contribution in [0.5, 0.6) is 0 Å². The molecule has 0 spiro atoms. The van der Waals surface area contributed by atoms with Crippen molar-refractivity contribution in [2.75, 3.05) is 0 Å². The fraction of sp³-hybridized carbons (Fsp3) is 0. The van der Waals surface area contributed by atoms with E-state index in [0.717, 1.165) is 0 Å². The quantitative estimate of drug-likeness (QED) is 0.202. The molecule has 1 nitrogen and oxygen atoms in total. The fourth-order valence-corrected chi connectivity index (χ4v) is 8.53. The van der Waals surface area contributed by atoms with Crippen molar-refractivity contribution >= 4 is 74.9 Å². The summed E-state index contributed by atoms with van der Waals surface area (Å²) >= 11 is 1.91. The van der Waals surface area contributed by atoms with Crippen molar-refractivity contribution < 1.29 is 0 Å². The van der Waals surface area contributed by atoms with Gasteiger partial charge in [0, 0.05) is 41.7 Å². The first-order chi connectivity index (χ1) is 19.9. The zero-order chi connectivity index (χ0) is 25.9. The monoisotopic (exact) mass is 523 g/mol. The first-order valence-electron chi connectivity index (χ1n) is 13.8. The summed E-state index contributed by atoms with van der Waals surface area (Å²) in [5, 5.41) is 10.7. The van der Waals surface area contributed by atoms with Gasteiger partial charge in [0.1, 0.15) is 0 Å². The SMILES string of the molecule is c1ccc2c(c1)-c1cccc3c(-n4c5ccccc5c5c6ccc7c8ccccc8sc7c6ccc54)ccc-2c13. The third-order valence-corrected chi connectivity index (χ3v) is 10.2. The van der Waals surface area contributed by atoms with Crippen LogP contribution in [0, 0.1) is 0 Å². The number of hydrogen-bond donors (Lipinski definition) is 0. The van der Waals surface area contributed by atoms with Gasteiger partial charge in [-0.15, -0.1) is 11.3 Å². The Bertz CT molecular complexity index is 2510. The minimum atomic E-state index is 1.24. The Hall–Kier alpha value is -4.92. The molecule has 0 unspecified atom stereocenters. The number of rotatable bonds is 1. The van der Waals surface area contributed by atoms with Gasteiger partial charge < -0.3 is 4.57 Å². The van der Waals surface area contributed by atoms with Crippen LogP contribution in [0.25, 0.3) is 91.5 Å². The van der Waals surface area contributed by atoms with Crippen LogP contribution in [0.2, 0.25) is 0 Å². The predicted octanol–water partition coefficient (Wildman–Crippen LogP) is 11.1. The Labute approximate surface area is 234 Å². The predicted molar refractivity (Wildman–Crippen MR) is 173 cm³/mol. The molecule has 0 amide bonds. The highest BCUT2D eigenvalue weighted by atomic mass is 32.1. The summed E-state index contributed by atoms with van der Waals surface area (Å²) in [6, 6.07) is 47.3. The average molecular weight is 524 g/mol. The summed E-state index contributed by atoms with van der Waals surface area (Å²) in [6.07, 6.45) is 0. The van der Waals surface area contributed by atoms with E-state index in [1.807, 2.05) is 11.3 Å². The molecule has 0 radical (unpaired) electrons. The Morgan fingerprint density at radius 2 is 1.02 bits per heavy atom. The molecule has 2 heterocycles. The lowest BCUT2D eigenvalue weighted by molar-refractivity contribution is 1.20. The van der Waals surface area contributed by atoms with E-state index in [1.165, 1.54) is 91.5 Å². The van der Waals surface area contributed by atoms with Crippen molar-refractivity contribution in [2.24, 2.45) is 0 Å². The maximum atomic E-state index is 2.49. The molecule has 0 bridgehead atoms. The zero-order valence-electron chi connectivity index (χ0n) is 21.5. The van der Waals surface area contributed by atoms with Gasteiger partial charge in [-0.05, 0) is 57.3 Å². The lowest BCUT2D eigenvalue weighted by Crippen LogP contribution is -1.95. The molecule has 9 aromatic rings. The maximum Gasteiger partial charge on any atom is 0.0547 e. The third-order valence-electron chi connectivity index (χ3n) is 8.94. The second kappa shape index (κ2) is 7.38. The summed E-state index contributed by atoms with van der Waals surface area (Å²) in [5.41, 5.74) is 9.08. The van der Waals surface area contributed by atoms with Crippen LogP contribution in [-0.4, -0.2) is 4.57 Å². The molecule has 1 aliphatic rings. The highest BCUT2D eigenvalue weighted by Crippen LogP contribution is 2.49. The van der Waals surface area contributed by atoms with E-state index in [1.54, 1.807) is 0 Å². The van der Waals surface area contributed by atoms with Crippen molar-refractivity contribution in [1.29, 1.82) is 0 Å². The van der Waals surface area contributed by atoms with Crippen LogP contribution >= 0.6 is 11.3 Å². The molecule has 2 heteroatoms. The van der Waals surface area contributed by atoms with Crippen LogP contribution in [0.15, 0.2) is 127 Å². The van der Waals surface area contributed by atoms with Crippen LogP contribution in [-0.2, 0) is 0 Å². The number of hydrogen-bond acceptors (Lipinski definition) is 1. The van der Waals surface area contributed by atoms with Crippen molar-refractivity contribution in [1.82, 2.24) is 4.57 Å². The minimum Gasteiger partial charge on any atom is -0.309 e. The Morgan fingerprint density at radius 3 is 1.93 bits per heavy atom. The number of thiophene rings is 1. The number of para-hydroxylation sites is 1. The Kier molecular flexibility index (Phi) is 3.87. The van der Waals surface area contributed by atoms with E-state index in [9.17, 15) is 0 Å². The smallest absolute Gasteiger partial charge is 0.0547 e. The van der Waals surface area contributed by atoms with E-state index in [2.05, 4.69) is 132 Å². The minimum absolute atomic E-state index is 1.24.